The van der Waals surface area contributed by atoms with E-state index in [2.05, 4.69) is 47.2 Å². The summed E-state index contributed by atoms with van der Waals surface area (Å²) in [5, 5.41) is 6.99. The van der Waals surface area contributed by atoms with Crippen LogP contribution in [0.25, 0.3) is 5.78 Å². The second-order valence-corrected chi connectivity index (χ2v) is 6.69. The van der Waals surface area contributed by atoms with Gasteiger partial charge < -0.3 is 15.1 Å². The minimum absolute atomic E-state index is 0.0518. The number of aromatic nitrogens is 6. The van der Waals surface area contributed by atoms with Crippen LogP contribution in [0, 0.1) is 13.8 Å². The lowest BCUT2D eigenvalue weighted by Gasteiger charge is -2.33. The van der Waals surface area contributed by atoms with Gasteiger partial charge in [0.15, 0.2) is 0 Å². The normalized spacial score (nSPS) is 15.3. The van der Waals surface area contributed by atoms with Crippen molar-refractivity contribution in [3.05, 3.63) is 35.7 Å². The summed E-state index contributed by atoms with van der Waals surface area (Å²) in [5.74, 6) is 1.24. The molecule has 1 aliphatic rings. The van der Waals surface area contributed by atoms with Crippen molar-refractivity contribution < 1.29 is 4.79 Å². The summed E-state index contributed by atoms with van der Waals surface area (Å²) in [6.45, 7) is 7.50. The number of piperazine rings is 1. The molecule has 0 radical (unpaired) electrons. The molecule has 10 heteroatoms. The average molecular weight is 367 g/mol. The third-order valence-corrected chi connectivity index (χ3v) is 4.54. The van der Waals surface area contributed by atoms with E-state index in [1.807, 2.05) is 19.9 Å². The van der Waals surface area contributed by atoms with Crippen LogP contribution >= 0.6 is 0 Å². The number of nitrogens with zero attached hydrogens (tertiary/aromatic N) is 8. The third-order valence-electron chi connectivity index (χ3n) is 4.54. The van der Waals surface area contributed by atoms with E-state index in [1.54, 1.807) is 10.6 Å². The number of fused-ring (bicyclic) bond motifs is 1. The molecule has 1 fully saturated rings. The van der Waals surface area contributed by atoms with Crippen molar-refractivity contribution in [2.24, 2.45) is 0 Å². The highest BCUT2D eigenvalue weighted by Crippen LogP contribution is 2.16. The lowest BCUT2D eigenvalue weighted by atomic mass is 10.3. The van der Waals surface area contributed by atoms with E-state index < -0.39 is 5.91 Å². The van der Waals surface area contributed by atoms with Crippen molar-refractivity contribution in [3.8, 4) is 0 Å². The zero-order valence-electron chi connectivity index (χ0n) is 15.5. The summed E-state index contributed by atoms with van der Waals surface area (Å²) < 4.78 is 1.55. The first kappa shape index (κ1) is 17.3. The summed E-state index contributed by atoms with van der Waals surface area (Å²) >= 11 is 0. The molecule has 27 heavy (non-hydrogen) atoms. The second kappa shape index (κ2) is 6.88. The lowest BCUT2D eigenvalue weighted by molar-refractivity contribution is 0.101. The lowest BCUT2D eigenvalue weighted by Crippen LogP contribution is -2.44. The maximum absolute atomic E-state index is 12.6. The molecule has 1 saturated heterocycles. The number of carbonyl (C=O) groups excluding carboxylic acids is 1. The Morgan fingerprint density at radius 2 is 1.85 bits per heavy atom. The molecule has 0 bridgehead atoms. The Bertz CT molecular complexity index is 991. The highest BCUT2D eigenvalue weighted by atomic mass is 16.2. The van der Waals surface area contributed by atoms with E-state index in [1.165, 1.54) is 6.33 Å². The molecule has 3 aromatic rings. The highest BCUT2D eigenvalue weighted by Gasteiger charge is 2.18. The molecule has 1 aliphatic heterocycles. The van der Waals surface area contributed by atoms with Crippen molar-refractivity contribution in [1.29, 1.82) is 0 Å². The molecule has 0 unspecified atom stereocenters. The topological polar surface area (TPSA) is 104 Å². The molecule has 0 spiro atoms. The van der Waals surface area contributed by atoms with Crippen molar-refractivity contribution in [3.63, 3.8) is 0 Å². The van der Waals surface area contributed by atoms with Crippen molar-refractivity contribution >= 4 is 23.3 Å². The predicted octanol–water partition coefficient (Wildman–Crippen LogP) is 0.535. The van der Waals surface area contributed by atoms with Gasteiger partial charge in [-0.3, -0.25) is 4.79 Å². The summed E-state index contributed by atoms with van der Waals surface area (Å²) in [7, 11) is 2.10. The molecule has 10 nitrogen and oxygen atoms in total. The first-order valence-electron chi connectivity index (χ1n) is 8.77. The number of hydrogen-bond acceptors (Lipinski definition) is 8. The first-order valence-corrected chi connectivity index (χ1v) is 8.77. The van der Waals surface area contributed by atoms with Gasteiger partial charge in [-0.25, -0.2) is 19.5 Å². The zero-order valence-corrected chi connectivity index (χ0v) is 15.5. The van der Waals surface area contributed by atoms with Crippen molar-refractivity contribution in [1.82, 2.24) is 34.4 Å². The van der Waals surface area contributed by atoms with Crippen LogP contribution in [0.3, 0.4) is 0 Å². The smallest absolute Gasteiger partial charge is 0.296 e. The molecule has 4 rings (SSSR count). The van der Waals surface area contributed by atoms with Gasteiger partial charge in [-0.2, -0.15) is 4.98 Å². The number of amides is 1. The van der Waals surface area contributed by atoms with Gasteiger partial charge >= 0.3 is 0 Å². The number of aryl methyl sites for hydroxylation is 2. The molecule has 3 aromatic heterocycles. The van der Waals surface area contributed by atoms with Crippen LogP contribution in [-0.2, 0) is 0 Å². The molecule has 0 aliphatic carbocycles. The standard InChI is InChI=1S/C17H21N9O/c1-11-8-12(2)26-17(20-11)22-15(23-26)16(27)21-13-9-14(19-10-18-13)25-6-4-24(3)5-7-25/h8-10H,4-7H2,1-3H3,(H,18,19,21,27). The summed E-state index contributed by atoms with van der Waals surface area (Å²) in [5.41, 5.74) is 1.69. The van der Waals surface area contributed by atoms with Crippen LogP contribution in [0.15, 0.2) is 18.5 Å². The molecule has 1 N–H and O–H groups in total. The number of rotatable bonds is 3. The largest absolute Gasteiger partial charge is 0.354 e. The molecule has 0 atom stereocenters. The van der Waals surface area contributed by atoms with Gasteiger partial charge in [0, 0.05) is 43.6 Å². The molecule has 0 aromatic carbocycles. The number of nitrogens with one attached hydrogen (secondary N) is 1. The van der Waals surface area contributed by atoms with Gasteiger partial charge in [-0.1, -0.05) is 0 Å². The van der Waals surface area contributed by atoms with Gasteiger partial charge in [-0.15, -0.1) is 5.10 Å². The minimum Gasteiger partial charge on any atom is -0.354 e. The number of anilines is 2. The van der Waals surface area contributed by atoms with Crippen LogP contribution in [-0.4, -0.2) is 73.6 Å². The van der Waals surface area contributed by atoms with E-state index in [9.17, 15) is 4.79 Å². The molecule has 0 saturated carbocycles. The van der Waals surface area contributed by atoms with Crippen LogP contribution < -0.4 is 10.2 Å². The van der Waals surface area contributed by atoms with Crippen LogP contribution in [0.1, 0.15) is 22.0 Å². The van der Waals surface area contributed by atoms with Crippen LogP contribution in [0.2, 0.25) is 0 Å². The number of likely N-dealkylation sites (N-methyl/N-ethyl adjacent to an activating group) is 1. The molecule has 1 amide bonds. The fraction of sp³-hybridized carbons (Fsp3) is 0.412. The fourth-order valence-electron chi connectivity index (χ4n) is 3.06. The van der Waals surface area contributed by atoms with Crippen molar-refractivity contribution in [2.45, 2.75) is 13.8 Å². The quantitative estimate of drug-likeness (QED) is 0.715. The Balaban J connectivity index is 1.53. The number of carbonyl (C=O) groups is 1. The average Bonchev–Trinajstić information content (AvgIpc) is 3.07. The van der Waals surface area contributed by atoms with E-state index in [0.29, 0.717) is 11.6 Å². The minimum atomic E-state index is -0.430. The maximum Gasteiger partial charge on any atom is 0.296 e. The highest BCUT2D eigenvalue weighted by molar-refractivity contribution is 6.01. The van der Waals surface area contributed by atoms with Crippen molar-refractivity contribution in [2.75, 3.05) is 43.4 Å². The Kier molecular flexibility index (Phi) is 4.40. The van der Waals surface area contributed by atoms with Crippen LogP contribution in [0.4, 0.5) is 11.6 Å². The summed E-state index contributed by atoms with van der Waals surface area (Å²) in [6, 6.07) is 3.66. The fourth-order valence-corrected chi connectivity index (χ4v) is 3.06. The van der Waals surface area contributed by atoms with E-state index in [4.69, 9.17) is 0 Å². The second-order valence-electron chi connectivity index (χ2n) is 6.69. The van der Waals surface area contributed by atoms with Gasteiger partial charge in [0.2, 0.25) is 5.82 Å². The van der Waals surface area contributed by atoms with Crippen LogP contribution in [0.5, 0.6) is 0 Å². The van der Waals surface area contributed by atoms with E-state index >= 15 is 0 Å². The Morgan fingerprint density at radius 1 is 1.07 bits per heavy atom. The van der Waals surface area contributed by atoms with Gasteiger partial charge in [0.25, 0.3) is 11.7 Å². The van der Waals surface area contributed by atoms with Gasteiger partial charge in [0.05, 0.1) is 0 Å². The summed E-state index contributed by atoms with van der Waals surface area (Å²) in [6.07, 6.45) is 1.45. The molecule has 140 valence electrons. The predicted molar refractivity (Wildman–Crippen MR) is 100.0 cm³/mol. The van der Waals surface area contributed by atoms with Gasteiger partial charge in [-0.05, 0) is 27.0 Å². The van der Waals surface area contributed by atoms with E-state index in [0.717, 1.165) is 43.4 Å². The maximum atomic E-state index is 12.6. The molecular formula is C17H21N9O. The Hall–Kier alpha value is -3.14. The summed E-state index contributed by atoms with van der Waals surface area (Å²) in [4.78, 5) is 34.0. The third kappa shape index (κ3) is 3.56. The monoisotopic (exact) mass is 367 g/mol. The zero-order chi connectivity index (χ0) is 19.0. The SMILES string of the molecule is Cc1cc(C)n2nc(C(=O)Nc3cc(N4CCN(C)CC4)ncn3)nc2n1. The van der Waals surface area contributed by atoms with Gasteiger partial charge in [0.1, 0.15) is 18.0 Å². The molecule has 4 heterocycles. The Labute approximate surface area is 156 Å². The Morgan fingerprint density at radius 3 is 2.63 bits per heavy atom. The number of hydrogen-bond donors (Lipinski definition) is 1. The molecular weight excluding hydrogens is 346 g/mol. The van der Waals surface area contributed by atoms with E-state index in [-0.39, 0.29) is 5.82 Å². The first-order chi connectivity index (χ1) is 13.0.